The van der Waals surface area contributed by atoms with Gasteiger partial charge < -0.3 is 0 Å². The lowest BCUT2D eigenvalue weighted by molar-refractivity contribution is -0.121. The zero-order valence-electron chi connectivity index (χ0n) is 6.99. The highest BCUT2D eigenvalue weighted by Crippen LogP contribution is 2.28. The van der Waals surface area contributed by atoms with Crippen molar-refractivity contribution in [3.05, 3.63) is 36.0 Å². The predicted octanol–water partition coefficient (Wildman–Crippen LogP) is 2.41. The average molecular weight is 160 g/mol. The van der Waals surface area contributed by atoms with Gasteiger partial charge in [-0.3, -0.25) is 4.79 Å². The van der Waals surface area contributed by atoms with Crippen molar-refractivity contribution in [2.75, 3.05) is 0 Å². The van der Waals surface area contributed by atoms with E-state index in [2.05, 4.69) is 6.08 Å². The molecule has 0 aromatic rings. The van der Waals surface area contributed by atoms with E-state index in [-0.39, 0.29) is 5.92 Å². The number of carbonyl (C=O) groups excluding carboxylic acids is 1. The Labute approximate surface area is 72.5 Å². The number of allylic oxidation sites excluding steroid dienone is 6. The molecule has 12 heavy (non-hydrogen) atoms. The summed E-state index contributed by atoms with van der Waals surface area (Å²) in [4.78, 5) is 11.5. The molecule has 0 N–H and O–H groups in total. The van der Waals surface area contributed by atoms with E-state index in [4.69, 9.17) is 0 Å². The van der Waals surface area contributed by atoms with Crippen molar-refractivity contribution in [2.24, 2.45) is 5.92 Å². The van der Waals surface area contributed by atoms with Crippen LogP contribution >= 0.6 is 0 Å². The SMILES string of the molecule is O=C1CCCC2=CC=CC=CC12. The molecule has 0 amide bonds. The Morgan fingerprint density at radius 1 is 1.17 bits per heavy atom. The maximum absolute atomic E-state index is 11.5. The minimum Gasteiger partial charge on any atom is -0.299 e. The van der Waals surface area contributed by atoms with Gasteiger partial charge in [-0.05, 0) is 12.8 Å². The van der Waals surface area contributed by atoms with Gasteiger partial charge in [0.15, 0.2) is 0 Å². The molecule has 1 saturated carbocycles. The van der Waals surface area contributed by atoms with Crippen LogP contribution < -0.4 is 0 Å². The monoisotopic (exact) mass is 160 g/mol. The number of rotatable bonds is 0. The van der Waals surface area contributed by atoms with Crippen LogP contribution in [0.2, 0.25) is 0 Å². The molecule has 2 aliphatic rings. The van der Waals surface area contributed by atoms with Crippen LogP contribution in [0.5, 0.6) is 0 Å². The summed E-state index contributed by atoms with van der Waals surface area (Å²) in [7, 11) is 0. The average Bonchev–Trinajstić information content (AvgIpc) is 2.30. The molecule has 1 unspecified atom stereocenters. The predicted molar refractivity (Wildman–Crippen MR) is 48.7 cm³/mol. The molecule has 1 heteroatoms. The first-order valence-corrected chi connectivity index (χ1v) is 4.44. The van der Waals surface area contributed by atoms with Gasteiger partial charge in [-0.1, -0.05) is 36.0 Å². The van der Waals surface area contributed by atoms with Crippen LogP contribution in [-0.2, 0) is 4.79 Å². The second-order valence-electron chi connectivity index (χ2n) is 3.31. The number of fused-ring (bicyclic) bond motifs is 1. The molecule has 1 atom stereocenters. The van der Waals surface area contributed by atoms with Crippen molar-refractivity contribution in [3.63, 3.8) is 0 Å². The summed E-state index contributed by atoms with van der Waals surface area (Å²) in [5, 5.41) is 0. The molecule has 2 aliphatic carbocycles. The molecule has 1 nitrogen and oxygen atoms in total. The van der Waals surface area contributed by atoms with Crippen molar-refractivity contribution < 1.29 is 4.79 Å². The van der Waals surface area contributed by atoms with E-state index in [1.807, 2.05) is 24.3 Å². The highest BCUT2D eigenvalue weighted by atomic mass is 16.1. The molecule has 0 bridgehead atoms. The van der Waals surface area contributed by atoms with Gasteiger partial charge in [0.2, 0.25) is 0 Å². The maximum atomic E-state index is 11.5. The normalized spacial score (nSPS) is 27.8. The fourth-order valence-electron chi connectivity index (χ4n) is 1.82. The molecular formula is C11H12O. The van der Waals surface area contributed by atoms with Crippen molar-refractivity contribution in [1.82, 2.24) is 0 Å². The Kier molecular flexibility index (Phi) is 1.94. The first-order chi connectivity index (χ1) is 5.88. The summed E-state index contributed by atoms with van der Waals surface area (Å²) in [5.74, 6) is 0.473. The van der Waals surface area contributed by atoms with Crippen LogP contribution in [0.15, 0.2) is 36.0 Å². The lowest BCUT2D eigenvalue weighted by atomic mass is 9.83. The van der Waals surface area contributed by atoms with Crippen LogP contribution in [-0.4, -0.2) is 5.78 Å². The van der Waals surface area contributed by atoms with Gasteiger partial charge in [-0.15, -0.1) is 0 Å². The lowest BCUT2D eigenvalue weighted by Gasteiger charge is -2.20. The third-order valence-corrected chi connectivity index (χ3v) is 2.47. The number of ketones is 1. The maximum Gasteiger partial charge on any atom is 0.143 e. The van der Waals surface area contributed by atoms with Gasteiger partial charge in [-0.25, -0.2) is 0 Å². The molecule has 0 radical (unpaired) electrons. The van der Waals surface area contributed by atoms with E-state index in [1.54, 1.807) is 0 Å². The Morgan fingerprint density at radius 3 is 3.00 bits per heavy atom. The molecular weight excluding hydrogens is 148 g/mol. The highest BCUT2D eigenvalue weighted by molar-refractivity contribution is 5.86. The highest BCUT2D eigenvalue weighted by Gasteiger charge is 2.23. The zero-order valence-corrected chi connectivity index (χ0v) is 6.99. The minimum atomic E-state index is 0.0914. The Bertz CT molecular complexity index is 281. The van der Waals surface area contributed by atoms with E-state index in [9.17, 15) is 4.79 Å². The number of hydrogen-bond acceptors (Lipinski definition) is 1. The molecule has 1 fully saturated rings. The van der Waals surface area contributed by atoms with Gasteiger partial charge in [0.1, 0.15) is 5.78 Å². The van der Waals surface area contributed by atoms with Crippen molar-refractivity contribution in [3.8, 4) is 0 Å². The summed E-state index contributed by atoms with van der Waals surface area (Å²) in [6.07, 6.45) is 12.9. The molecule has 0 aromatic heterocycles. The topological polar surface area (TPSA) is 17.1 Å². The number of carbonyl (C=O) groups is 1. The van der Waals surface area contributed by atoms with Crippen LogP contribution in [0.25, 0.3) is 0 Å². The van der Waals surface area contributed by atoms with Gasteiger partial charge in [0, 0.05) is 6.42 Å². The molecule has 0 aromatic carbocycles. The zero-order chi connectivity index (χ0) is 8.39. The minimum absolute atomic E-state index is 0.0914. The Hall–Kier alpha value is -1.11. The van der Waals surface area contributed by atoms with E-state index in [0.29, 0.717) is 5.78 Å². The third kappa shape index (κ3) is 1.27. The summed E-state index contributed by atoms with van der Waals surface area (Å²) >= 11 is 0. The van der Waals surface area contributed by atoms with Crippen molar-refractivity contribution >= 4 is 5.78 Å². The second kappa shape index (κ2) is 3.10. The molecule has 62 valence electrons. The quantitative estimate of drug-likeness (QED) is 0.532. The summed E-state index contributed by atoms with van der Waals surface area (Å²) in [6.45, 7) is 0. The molecule has 0 aliphatic heterocycles. The van der Waals surface area contributed by atoms with Crippen LogP contribution in [0.4, 0.5) is 0 Å². The summed E-state index contributed by atoms with van der Waals surface area (Å²) in [6, 6.07) is 0. The largest absolute Gasteiger partial charge is 0.299 e. The Morgan fingerprint density at radius 2 is 2.08 bits per heavy atom. The van der Waals surface area contributed by atoms with Crippen LogP contribution in [0.1, 0.15) is 19.3 Å². The number of Topliss-reactive ketones (excluding diaryl/α,β-unsaturated/α-hetero) is 1. The van der Waals surface area contributed by atoms with Gasteiger partial charge in [0.05, 0.1) is 5.92 Å². The molecule has 0 spiro atoms. The summed E-state index contributed by atoms with van der Waals surface area (Å²) < 4.78 is 0. The lowest BCUT2D eigenvalue weighted by Crippen LogP contribution is -2.19. The van der Waals surface area contributed by atoms with Crippen molar-refractivity contribution in [2.45, 2.75) is 19.3 Å². The first kappa shape index (κ1) is 7.53. The first-order valence-electron chi connectivity index (χ1n) is 4.44. The van der Waals surface area contributed by atoms with E-state index in [1.165, 1.54) is 5.57 Å². The molecule has 2 rings (SSSR count). The molecule has 0 heterocycles. The van der Waals surface area contributed by atoms with Crippen LogP contribution in [0.3, 0.4) is 0 Å². The fourth-order valence-corrected chi connectivity index (χ4v) is 1.82. The smallest absolute Gasteiger partial charge is 0.143 e. The Balaban J connectivity index is 2.31. The van der Waals surface area contributed by atoms with Crippen LogP contribution in [0, 0.1) is 5.92 Å². The van der Waals surface area contributed by atoms with Gasteiger partial charge in [0.25, 0.3) is 0 Å². The fraction of sp³-hybridized carbons (Fsp3) is 0.364. The second-order valence-corrected chi connectivity index (χ2v) is 3.31. The van der Waals surface area contributed by atoms with E-state index in [0.717, 1.165) is 19.3 Å². The third-order valence-electron chi connectivity index (χ3n) is 2.47. The van der Waals surface area contributed by atoms with Gasteiger partial charge >= 0.3 is 0 Å². The van der Waals surface area contributed by atoms with Gasteiger partial charge in [-0.2, -0.15) is 0 Å². The molecule has 0 saturated heterocycles. The van der Waals surface area contributed by atoms with E-state index < -0.39 is 0 Å². The standard InChI is InChI=1S/C11H12O/c12-11-8-4-6-9-5-2-1-3-7-10(9)11/h1-3,5,7,10H,4,6,8H2. The van der Waals surface area contributed by atoms with E-state index >= 15 is 0 Å². The van der Waals surface area contributed by atoms with Crippen molar-refractivity contribution in [1.29, 1.82) is 0 Å². The number of hydrogen-bond donors (Lipinski definition) is 0. The summed E-state index contributed by atoms with van der Waals surface area (Å²) in [5.41, 5.74) is 1.29.